The van der Waals surface area contributed by atoms with Crippen LogP contribution in [-0.4, -0.2) is 22.4 Å². The van der Waals surface area contributed by atoms with Crippen molar-refractivity contribution in [1.29, 1.82) is 0 Å². The number of hydrogen-bond donors (Lipinski definition) is 3. The van der Waals surface area contributed by atoms with Crippen LogP contribution in [0.1, 0.15) is 25.7 Å². The van der Waals surface area contributed by atoms with Gasteiger partial charge in [-0.3, -0.25) is 0 Å². The number of hydrogen-bond acceptors (Lipinski definition) is 3. The van der Waals surface area contributed by atoms with Crippen molar-refractivity contribution in [2.24, 2.45) is 11.7 Å². The Kier molecular flexibility index (Phi) is 4.29. The highest BCUT2D eigenvalue weighted by atomic mass is 32.5. The molecule has 1 aliphatic carbocycles. The Morgan fingerprint density at radius 1 is 1.46 bits per heavy atom. The van der Waals surface area contributed by atoms with Crippen molar-refractivity contribution in [2.75, 3.05) is 6.54 Å². The molecule has 0 amide bonds. The van der Waals surface area contributed by atoms with Gasteiger partial charge in [0.25, 0.3) is 0 Å². The van der Waals surface area contributed by atoms with Gasteiger partial charge >= 0.3 is 6.72 Å². The first-order valence-corrected chi connectivity index (χ1v) is 7.09. The molecule has 0 aromatic heterocycles. The minimum Gasteiger partial charge on any atom is -0.328 e. The van der Waals surface area contributed by atoms with Gasteiger partial charge in [0.05, 0.1) is 6.10 Å². The number of rotatable bonds is 4. The molecule has 4 nitrogen and oxygen atoms in total. The van der Waals surface area contributed by atoms with Crippen molar-refractivity contribution in [3.8, 4) is 0 Å². The standard InChI is InChI=1S/C7H16NO3PS/c8-5-7(11-12(9,10)13)6-3-1-2-4-6/h6-7H,1-5,8H2,(H2,9,10,13). The third-order valence-corrected chi connectivity index (χ3v) is 3.23. The minimum atomic E-state index is -3.54. The maximum absolute atomic E-state index is 8.98. The summed E-state index contributed by atoms with van der Waals surface area (Å²) in [5, 5.41) is 0. The molecule has 78 valence electrons. The summed E-state index contributed by atoms with van der Waals surface area (Å²) in [4.78, 5) is 18.0. The largest absolute Gasteiger partial charge is 0.328 e. The van der Waals surface area contributed by atoms with Crippen molar-refractivity contribution in [3.05, 3.63) is 0 Å². The van der Waals surface area contributed by atoms with Crippen molar-refractivity contribution >= 4 is 18.5 Å². The zero-order chi connectivity index (χ0) is 9.90. The zero-order valence-electron chi connectivity index (χ0n) is 7.43. The molecule has 13 heavy (non-hydrogen) atoms. The molecule has 0 aromatic rings. The average molecular weight is 225 g/mol. The molecule has 1 unspecified atom stereocenters. The predicted octanol–water partition coefficient (Wildman–Crippen LogP) is 0.730. The highest BCUT2D eigenvalue weighted by Gasteiger charge is 2.28. The lowest BCUT2D eigenvalue weighted by molar-refractivity contribution is 0.121. The summed E-state index contributed by atoms with van der Waals surface area (Å²) in [6.45, 7) is -3.23. The summed E-state index contributed by atoms with van der Waals surface area (Å²) in [6.07, 6.45) is 4.17. The molecular formula is C7H16NO3PS. The topological polar surface area (TPSA) is 75.7 Å². The van der Waals surface area contributed by atoms with Crippen molar-refractivity contribution < 1.29 is 14.3 Å². The van der Waals surface area contributed by atoms with E-state index in [-0.39, 0.29) is 6.10 Å². The van der Waals surface area contributed by atoms with Gasteiger partial charge in [0.1, 0.15) is 0 Å². The van der Waals surface area contributed by atoms with Gasteiger partial charge in [-0.15, -0.1) is 0 Å². The third kappa shape index (κ3) is 4.02. The van der Waals surface area contributed by atoms with Crippen LogP contribution < -0.4 is 5.73 Å². The van der Waals surface area contributed by atoms with Gasteiger partial charge in [-0.2, -0.15) is 0 Å². The SMILES string of the molecule is NCC(OP(O)(O)=S)C1CCCC1. The Labute approximate surface area is 83.3 Å². The maximum Gasteiger partial charge on any atom is 0.322 e. The van der Waals surface area contributed by atoms with E-state index in [0.29, 0.717) is 12.5 Å². The van der Waals surface area contributed by atoms with Gasteiger partial charge in [-0.05, 0) is 30.6 Å². The van der Waals surface area contributed by atoms with Gasteiger partial charge in [0.2, 0.25) is 0 Å². The maximum atomic E-state index is 8.98. The van der Waals surface area contributed by atoms with E-state index in [1.165, 1.54) is 12.8 Å². The quantitative estimate of drug-likeness (QED) is 0.615. The van der Waals surface area contributed by atoms with E-state index in [2.05, 4.69) is 11.8 Å². The van der Waals surface area contributed by atoms with E-state index in [1.54, 1.807) is 0 Å². The molecule has 0 bridgehead atoms. The smallest absolute Gasteiger partial charge is 0.322 e. The number of nitrogens with two attached hydrogens (primary N) is 1. The van der Waals surface area contributed by atoms with E-state index in [1.807, 2.05) is 0 Å². The monoisotopic (exact) mass is 225 g/mol. The van der Waals surface area contributed by atoms with E-state index in [0.717, 1.165) is 12.8 Å². The Bertz CT molecular complexity index is 202. The fourth-order valence-electron chi connectivity index (χ4n) is 1.83. The Morgan fingerprint density at radius 2 is 2.00 bits per heavy atom. The van der Waals surface area contributed by atoms with Crippen LogP contribution in [-0.2, 0) is 16.3 Å². The molecule has 1 rings (SSSR count). The van der Waals surface area contributed by atoms with Gasteiger partial charge in [-0.25, -0.2) is 0 Å². The van der Waals surface area contributed by atoms with Crippen LogP contribution in [0.4, 0.5) is 0 Å². The second kappa shape index (κ2) is 4.82. The summed E-state index contributed by atoms with van der Waals surface area (Å²) in [5.41, 5.74) is 5.48. The predicted molar refractivity (Wildman–Crippen MR) is 54.6 cm³/mol. The molecule has 0 heterocycles. The molecule has 0 spiro atoms. The normalized spacial score (nSPS) is 22.1. The Balaban J connectivity index is 2.46. The average Bonchev–Trinajstić information content (AvgIpc) is 2.50. The van der Waals surface area contributed by atoms with Gasteiger partial charge in [0.15, 0.2) is 0 Å². The Hall–Kier alpha value is 0.490. The lowest BCUT2D eigenvalue weighted by Gasteiger charge is -2.23. The second-order valence-electron chi connectivity index (χ2n) is 3.41. The molecule has 0 saturated heterocycles. The van der Waals surface area contributed by atoms with Crippen LogP contribution in [0, 0.1) is 5.92 Å². The molecule has 4 N–H and O–H groups in total. The lowest BCUT2D eigenvalue weighted by Crippen LogP contribution is -2.29. The molecule has 1 aliphatic rings. The molecule has 0 aliphatic heterocycles. The molecule has 0 aromatic carbocycles. The van der Waals surface area contributed by atoms with Crippen LogP contribution in [0.3, 0.4) is 0 Å². The molecular weight excluding hydrogens is 209 g/mol. The lowest BCUT2D eigenvalue weighted by atomic mass is 10.0. The molecule has 1 atom stereocenters. The van der Waals surface area contributed by atoms with Crippen LogP contribution in [0.5, 0.6) is 0 Å². The Morgan fingerprint density at radius 3 is 2.38 bits per heavy atom. The van der Waals surface area contributed by atoms with E-state index >= 15 is 0 Å². The van der Waals surface area contributed by atoms with Crippen molar-refractivity contribution in [1.82, 2.24) is 0 Å². The summed E-state index contributed by atoms with van der Waals surface area (Å²) < 4.78 is 4.98. The minimum absolute atomic E-state index is 0.275. The fraction of sp³-hybridized carbons (Fsp3) is 1.00. The summed E-state index contributed by atoms with van der Waals surface area (Å²) in [5.74, 6) is 0.353. The van der Waals surface area contributed by atoms with E-state index < -0.39 is 6.72 Å². The first-order valence-electron chi connectivity index (χ1n) is 4.47. The van der Waals surface area contributed by atoms with Gasteiger partial charge < -0.3 is 20.0 Å². The van der Waals surface area contributed by atoms with Crippen molar-refractivity contribution in [2.45, 2.75) is 31.8 Å². The van der Waals surface area contributed by atoms with E-state index in [4.69, 9.17) is 20.0 Å². The molecule has 6 heteroatoms. The fourth-order valence-corrected chi connectivity index (χ4v) is 2.77. The van der Waals surface area contributed by atoms with Crippen LogP contribution >= 0.6 is 6.72 Å². The van der Waals surface area contributed by atoms with E-state index in [9.17, 15) is 0 Å². The molecule has 1 fully saturated rings. The highest BCUT2D eigenvalue weighted by molar-refractivity contribution is 8.06. The van der Waals surface area contributed by atoms with Gasteiger partial charge in [-0.1, -0.05) is 12.8 Å². The summed E-state index contributed by atoms with van der Waals surface area (Å²) in [6, 6.07) is 0. The van der Waals surface area contributed by atoms with Crippen LogP contribution in [0.25, 0.3) is 0 Å². The molecule has 1 saturated carbocycles. The summed E-state index contributed by atoms with van der Waals surface area (Å²) in [7, 11) is 0. The van der Waals surface area contributed by atoms with Gasteiger partial charge in [0, 0.05) is 6.54 Å². The second-order valence-corrected chi connectivity index (χ2v) is 6.03. The molecule has 0 radical (unpaired) electrons. The summed E-state index contributed by atoms with van der Waals surface area (Å²) >= 11 is 4.41. The first-order chi connectivity index (χ1) is 6.03. The first kappa shape index (κ1) is 11.6. The van der Waals surface area contributed by atoms with Crippen LogP contribution in [0.15, 0.2) is 0 Å². The zero-order valence-corrected chi connectivity index (χ0v) is 9.14. The van der Waals surface area contributed by atoms with Crippen molar-refractivity contribution in [3.63, 3.8) is 0 Å². The highest BCUT2D eigenvalue weighted by Crippen LogP contribution is 2.42. The third-order valence-electron chi connectivity index (χ3n) is 2.43. The van der Waals surface area contributed by atoms with Crippen LogP contribution in [0.2, 0.25) is 0 Å².